The summed E-state index contributed by atoms with van der Waals surface area (Å²) in [6, 6.07) is 16.2. The van der Waals surface area contributed by atoms with Crippen LogP contribution in [-0.2, 0) is 6.42 Å². The number of benzene rings is 3. The number of ether oxygens (including phenoxy) is 2. The van der Waals surface area contributed by atoms with Crippen LogP contribution in [0.25, 0.3) is 0 Å². The second-order valence-corrected chi connectivity index (χ2v) is 7.85. The first-order chi connectivity index (χ1) is 15.6. The van der Waals surface area contributed by atoms with Gasteiger partial charge in [0, 0.05) is 34.7 Å². The number of aryl methyl sites for hydroxylation is 1. The highest BCUT2D eigenvalue weighted by Gasteiger charge is 2.17. The quantitative estimate of drug-likeness (QED) is 0.577. The fraction of sp³-hybridized carbons (Fsp3) is 0.200. The zero-order chi connectivity index (χ0) is 22.1. The number of hydrogen-bond acceptors (Lipinski definition) is 5. The van der Waals surface area contributed by atoms with Crippen molar-refractivity contribution in [3.8, 4) is 11.5 Å². The summed E-state index contributed by atoms with van der Waals surface area (Å²) < 4.78 is 11.1. The summed E-state index contributed by atoms with van der Waals surface area (Å²) in [5, 5.41) is 9.14. The Morgan fingerprint density at radius 1 is 0.844 bits per heavy atom. The lowest BCUT2D eigenvalue weighted by Gasteiger charge is -2.18. The molecule has 7 heteroatoms. The van der Waals surface area contributed by atoms with E-state index in [0.717, 1.165) is 29.8 Å². The molecule has 0 aromatic heterocycles. The van der Waals surface area contributed by atoms with Crippen molar-refractivity contribution in [2.24, 2.45) is 0 Å². The number of amides is 2. The molecule has 3 aromatic carbocycles. The Bertz CT molecular complexity index is 1220. The number of nitrogens with one attached hydrogen (secondary N) is 3. The highest BCUT2D eigenvalue weighted by Crippen LogP contribution is 2.31. The van der Waals surface area contributed by atoms with Crippen LogP contribution >= 0.6 is 0 Å². The minimum absolute atomic E-state index is 0.182. The smallest absolute Gasteiger partial charge is 0.255 e. The van der Waals surface area contributed by atoms with Gasteiger partial charge in [-0.15, -0.1) is 0 Å². The van der Waals surface area contributed by atoms with E-state index >= 15 is 0 Å². The molecule has 32 heavy (non-hydrogen) atoms. The predicted molar refractivity (Wildman–Crippen MR) is 123 cm³/mol. The number of anilines is 3. The number of fused-ring (bicyclic) bond motifs is 2. The summed E-state index contributed by atoms with van der Waals surface area (Å²) in [6.45, 7) is 3.76. The molecule has 0 aliphatic carbocycles. The van der Waals surface area contributed by atoms with Gasteiger partial charge in [0.1, 0.15) is 13.2 Å². The molecular weight excluding hydrogens is 406 g/mol. The largest absolute Gasteiger partial charge is 0.486 e. The topological polar surface area (TPSA) is 88.7 Å². The van der Waals surface area contributed by atoms with E-state index in [4.69, 9.17) is 9.47 Å². The molecule has 0 bridgehead atoms. The molecule has 7 nitrogen and oxygen atoms in total. The molecular formula is C25H23N3O4. The maximum Gasteiger partial charge on any atom is 0.255 e. The Balaban J connectivity index is 1.31. The van der Waals surface area contributed by atoms with Crippen LogP contribution in [0.15, 0.2) is 54.6 Å². The van der Waals surface area contributed by atoms with Gasteiger partial charge in [-0.05, 0) is 73.0 Å². The molecule has 0 saturated carbocycles. The van der Waals surface area contributed by atoms with E-state index < -0.39 is 0 Å². The maximum atomic E-state index is 12.8. The van der Waals surface area contributed by atoms with Gasteiger partial charge in [-0.25, -0.2) is 0 Å². The lowest BCUT2D eigenvalue weighted by atomic mass is 10.1. The molecule has 0 atom stereocenters. The van der Waals surface area contributed by atoms with Crippen molar-refractivity contribution in [2.75, 3.05) is 35.7 Å². The molecule has 2 aliphatic heterocycles. The Hall–Kier alpha value is -4.00. The molecule has 3 N–H and O–H groups in total. The van der Waals surface area contributed by atoms with Crippen LogP contribution in [0.5, 0.6) is 11.5 Å². The number of carbonyl (C=O) groups is 2. The van der Waals surface area contributed by atoms with Crippen molar-refractivity contribution in [3.63, 3.8) is 0 Å². The summed E-state index contributed by atoms with van der Waals surface area (Å²) in [5.74, 6) is 0.744. The van der Waals surface area contributed by atoms with E-state index in [9.17, 15) is 9.59 Å². The van der Waals surface area contributed by atoms with Crippen LogP contribution in [0.4, 0.5) is 17.1 Å². The molecule has 0 fully saturated rings. The minimum atomic E-state index is -0.269. The van der Waals surface area contributed by atoms with Gasteiger partial charge in [-0.1, -0.05) is 6.07 Å². The Morgan fingerprint density at radius 3 is 2.47 bits per heavy atom. The normalized spacial score (nSPS) is 13.7. The molecule has 0 saturated heterocycles. The Morgan fingerprint density at radius 2 is 1.59 bits per heavy atom. The third-order valence-electron chi connectivity index (χ3n) is 5.63. The summed E-state index contributed by atoms with van der Waals surface area (Å²) in [5.41, 5.74) is 5.44. The van der Waals surface area contributed by atoms with Crippen molar-refractivity contribution in [1.29, 1.82) is 0 Å². The van der Waals surface area contributed by atoms with Crippen LogP contribution in [0.3, 0.4) is 0 Å². The first-order valence-corrected chi connectivity index (χ1v) is 10.6. The first kappa shape index (κ1) is 19.9. The van der Waals surface area contributed by atoms with Crippen LogP contribution < -0.4 is 25.4 Å². The van der Waals surface area contributed by atoms with Crippen molar-refractivity contribution in [1.82, 2.24) is 0 Å². The number of hydrogen-bond donors (Lipinski definition) is 3. The SMILES string of the molecule is Cc1ccc(NC(=O)c2ccc3c(c2)OCCO3)cc1NC(=O)c1ccc2c(c1)CCN2. The van der Waals surface area contributed by atoms with Gasteiger partial charge >= 0.3 is 0 Å². The highest BCUT2D eigenvalue weighted by molar-refractivity contribution is 6.07. The molecule has 3 aromatic rings. The van der Waals surface area contributed by atoms with Crippen molar-refractivity contribution in [3.05, 3.63) is 76.9 Å². The summed E-state index contributed by atoms with van der Waals surface area (Å²) >= 11 is 0. The van der Waals surface area contributed by atoms with Crippen LogP contribution in [0.1, 0.15) is 31.8 Å². The van der Waals surface area contributed by atoms with E-state index in [2.05, 4.69) is 16.0 Å². The molecule has 0 radical (unpaired) electrons. The molecule has 5 rings (SSSR count). The van der Waals surface area contributed by atoms with Crippen molar-refractivity contribution in [2.45, 2.75) is 13.3 Å². The highest BCUT2D eigenvalue weighted by atomic mass is 16.6. The summed E-state index contributed by atoms with van der Waals surface area (Å²) in [6.07, 6.45) is 0.914. The van der Waals surface area contributed by atoms with Gasteiger partial charge in [0.25, 0.3) is 11.8 Å². The summed E-state index contributed by atoms with van der Waals surface area (Å²) in [7, 11) is 0. The second-order valence-electron chi connectivity index (χ2n) is 7.85. The van der Waals surface area contributed by atoms with E-state index in [1.54, 1.807) is 24.3 Å². The first-order valence-electron chi connectivity index (χ1n) is 10.6. The maximum absolute atomic E-state index is 12.8. The Labute approximate surface area is 185 Å². The van der Waals surface area contributed by atoms with E-state index in [1.165, 1.54) is 0 Å². The Kier molecular flexibility index (Phi) is 5.15. The molecule has 2 heterocycles. The monoisotopic (exact) mass is 429 g/mol. The van der Waals surface area contributed by atoms with Gasteiger partial charge in [0.05, 0.1) is 0 Å². The number of rotatable bonds is 4. The lowest BCUT2D eigenvalue weighted by molar-refractivity contribution is 0.101. The van der Waals surface area contributed by atoms with Crippen molar-refractivity contribution >= 4 is 28.9 Å². The van der Waals surface area contributed by atoms with Gasteiger partial charge in [0.2, 0.25) is 0 Å². The standard InChI is InChI=1S/C25H23N3O4/c1-15-2-5-19(27-24(29)18-4-7-22-23(13-18)32-11-10-31-22)14-21(15)28-25(30)17-3-6-20-16(12-17)8-9-26-20/h2-7,12-14,26H,8-11H2,1H3,(H,27,29)(H,28,30). The van der Waals surface area contributed by atoms with E-state index in [0.29, 0.717) is 47.2 Å². The fourth-order valence-electron chi connectivity index (χ4n) is 3.86. The average molecular weight is 429 g/mol. The van der Waals surface area contributed by atoms with E-state index in [1.807, 2.05) is 37.3 Å². The van der Waals surface area contributed by atoms with Crippen LogP contribution in [-0.4, -0.2) is 31.6 Å². The van der Waals surface area contributed by atoms with Gasteiger partial charge < -0.3 is 25.4 Å². The van der Waals surface area contributed by atoms with Gasteiger partial charge in [-0.3, -0.25) is 9.59 Å². The predicted octanol–water partition coefficient (Wildman–Crippen LogP) is 4.24. The van der Waals surface area contributed by atoms with Crippen LogP contribution in [0, 0.1) is 6.92 Å². The second kappa shape index (κ2) is 8.26. The minimum Gasteiger partial charge on any atom is -0.486 e. The third kappa shape index (κ3) is 3.97. The molecule has 0 spiro atoms. The average Bonchev–Trinajstić information content (AvgIpc) is 3.29. The molecule has 2 aliphatic rings. The fourth-order valence-corrected chi connectivity index (χ4v) is 3.86. The van der Waals surface area contributed by atoms with Gasteiger partial charge in [0.15, 0.2) is 11.5 Å². The third-order valence-corrected chi connectivity index (χ3v) is 5.63. The van der Waals surface area contributed by atoms with E-state index in [-0.39, 0.29) is 11.8 Å². The molecule has 2 amide bonds. The molecule has 162 valence electrons. The number of carbonyl (C=O) groups excluding carboxylic acids is 2. The van der Waals surface area contributed by atoms with Crippen molar-refractivity contribution < 1.29 is 19.1 Å². The van der Waals surface area contributed by atoms with Gasteiger partial charge in [-0.2, -0.15) is 0 Å². The lowest BCUT2D eigenvalue weighted by Crippen LogP contribution is -2.17. The zero-order valence-electron chi connectivity index (χ0n) is 17.7. The zero-order valence-corrected chi connectivity index (χ0v) is 17.7. The molecule has 0 unspecified atom stereocenters. The van der Waals surface area contributed by atoms with Crippen LogP contribution in [0.2, 0.25) is 0 Å². The summed E-state index contributed by atoms with van der Waals surface area (Å²) in [4.78, 5) is 25.6.